The second-order valence-electron chi connectivity index (χ2n) is 3.28. The first-order valence-electron chi connectivity index (χ1n) is 5.22. The zero-order valence-electron chi connectivity index (χ0n) is 9.62. The fourth-order valence-electron chi connectivity index (χ4n) is 1.28. The fraction of sp³-hybridized carbons (Fsp3) is 0.182. The Morgan fingerprint density at radius 2 is 2.39 bits per heavy atom. The number of hydrogen-bond donors (Lipinski definition) is 1. The minimum Gasteiger partial charge on any atom is -0.462 e. The van der Waals surface area contributed by atoms with Crippen LogP contribution in [0.5, 0.6) is 0 Å². The molecular weight excluding hydrogens is 270 g/mol. The molecule has 0 fully saturated rings. The number of nitrogen functional groups attached to an aromatic ring is 1. The van der Waals surface area contributed by atoms with Gasteiger partial charge in [0.15, 0.2) is 4.34 Å². The number of carbonyl (C=O) groups is 1. The van der Waals surface area contributed by atoms with E-state index in [0.29, 0.717) is 17.9 Å². The van der Waals surface area contributed by atoms with Gasteiger partial charge in [0.05, 0.1) is 12.2 Å². The number of anilines is 1. The van der Waals surface area contributed by atoms with Crippen molar-refractivity contribution in [2.45, 2.75) is 16.2 Å². The molecule has 0 aliphatic carbocycles. The van der Waals surface area contributed by atoms with Crippen LogP contribution in [-0.2, 0) is 4.74 Å². The molecule has 0 aliphatic heterocycles. The normalized spacial score (nSPS) is 10.3. The van der Waals surface area contributed by atoms with Crippen molar-refractivity contribution in [3.05, 3.63) is 30.1 Å². The molecule has 1 aromatic carbocycles. The number of ether oxygens (including phenoxy) is 1. The molecule has 0 saturated heterocycles. The molecule has 0 atom stereocenters. The van der Waals surface area contributed by atoms with Gasteiger partial charge in [-0.15, -0.1) is 0 Å². The van der Waals surface area contributed by atoms with Gasteiger partial charge in [-0.2, -0.15) is 4.37 Å². The van der Waals surface area contributed by atoms with Crippen molar-refractivity contribution in [2.24, 2.45) is 0 Å². The topological polar surface area (TPSA) is 78.1 Å². The summed E-state index contributed by atoms with van der Waals surface area (Å²) in [5.41, 5.74) is 6.88. The van der Waals surface area contributed by atoms with Gasteiger partial charge >= 0.3 is 5.97 Å². The van der Waals surface area contributed by atoms with Crippen molar-refractivity contribution in [1.82, 2.24) is 9.36 Å². The van der Waals surface area contributed by atoms with Crippen LogP contribution in [0.2, 0.25) is 0 Å². The minimum absolute atomic E-state index is 0.347. The van der Waals surface area contributed by atoms with Gasteiger partial charge in [-0.25, -0.2) is 9.78 Å². The summed E-state index contributed by atoms with van der Waals surface area (Å²) in [5, 5.41) is 0. The van der Waals surface area contributed by atoms with E-state index in [2.05, 4.69) is 9.36 Å². The van der Waals surface area contributed by atoms with Crippen molar-refractivity contribution < 1.29 is 9.53 Å². The molecule has 5 nitrogen and oxygen atoms in total. The predicted molar refractivity (Wildman–Crippen MR) is 70.8 cm³/mol. The molecule has 0 spiro atoms. The molecule has 0 aliphatic rings. The lowest BCUT2D eigenvalue weighted by molar-refractivity contribution is 0.0526. The molecule has 18 heavy (non-hydrogen) atoms. The quantitative estimate of drug-likeness (QED) is 0.685. The highest BCUT2D eigenvalue weighted by atomic mass is 32.2. The second kappa shape index (κ2) is 5.83. The Hall–Kier alpha value is -1.60. The van der Waals surface area contributed by atoms with Crippen LogP contribution in [0.4, 0.5) is 5.69 Å². The molecule has 7 heteroatoms. The van der Waals surface area contributed by atoms with Gasteiger partial charge in [-0.05, 0) is 36.7 Å². The van der Waals surface area contributed by atoms with Gasteiger partial charge in [0, 0.05) is 10.6 Å². The van der Waals surface area contributed by atoms with Crippen molar-refractivity contribution in [2.75, 3.05) is 12.3 Å². The van der Waals surface area contributed by atoms with Crippen LogP contribution in [-0.4, -0.2) is 21.9 Å². The Labute approximate surface area is 113 Å². The maximum Gasteiger partial charge on any atom is 0.338 e. The van der Waals surface area contributed by atoms with E-state index in [9.17, 15) is 4.79 Å². The van der Waals surface area contributed by atoms with Crippen molar-refractivity contribution in [3.8, 4) is 0 Å². The third kappa shape index (κ3) is 2.99. The smallest absolute Gasteiger partial charge is 0.338 e. The lowest BCUT2D eigenvalue weighted by Gasteiger charge is -2.06. The molecule has 94 valence electrons. The summed E-state index contributed by atoms with van der Waals surface area (Å²) in [6.45, 7) is 2.11. The maximum atomic E-state index is 11.5. The Morgan fingerprint density at radius 3 is 3.00 bits per heavy atom. The van der Waals surface area contributed by atoms with E-state index in [4.69, 9.17) is 10.5 Å². The molecular formula is C11H11N3O2S2. The van der Waals surface area contributed by atoms with E-state index in [1.165, 1.54) is 29.6 Å². The molecule has 0 saturated carbocycles. The van der Waals surface area contributed by atoms with Crippen LogP contribution in [0.15, 0.2) is 33.8 Å². The summed E-state index contributed by atoms with van der Waals surface area (Å²) >= 11 is 2.72. The Bertz CT molecular complexity index is 543. The Morgan fingerprint density at radius 1 is 1.56 bits per heavy atom. The van der Waals surface area contributed by atoms with E-state index in [0.717, 1.165) is 9.24 Å². The largest absolute Gasteiger partial charge is 0.462 e. The second-order valence-corrected chi connectivity index (χ2v) is 5.35. The molecule has 0 unspecified atom stereocenters. The number of nitrogens with zero attached hydrogens (tertiary/aromatic N) is 2. The fourth-order valence-corrected chi connectivity index (χ4v) is 2.71. The highest BCUT2D eigenvalue weighted by Crippen LogP contribution is 2.32. The predicted octanol–water partition coefficient (Wildman–Crippen LogP) is 2.45. The summed E-state index contributed by atoms with van der Waals surface area (Å²) in [6.07, 6.45) is 1.50. The van der Waals surface area contributed by atoms with Crippen LogP contribution in [0.1, 0.15) is 17.3 Å². The van der Waals surface area contributed by atoms with E-state index in [1.807, 2.05) is 0 Å². The van der Waals surface area contributed by atoms with Gasteiger partial charge in [0.25, 0.3) is 0 Å². The zero-order valence-corrected chi connectivity index (χ0v) is 11.3. The third-order valence-corrected chi connectivity index (χ3v) is 3.87. The van der Waals surface area contributed by atoms with Gasteiger partial charge in [0.1, 0.15) is 6.33 Å². The number of hydrogen-bond acceptors (Lipinski definition) is 7. The summed E-state index contributed by atoms with van der Waals surface area (Å²) in [7, 11) is 0. The van der Waals surface area contributed by atoms with Crippen LogP contribution in [0, 0.1) is 0 Å². The van der Waals surface area contributed by atoms with Crippen molar-refractivity contribution in [1.29, 1.82) is 0 Å². The summed E-state index contributed by atoms with van der Waals surface area (Å²) in [5.74, 6) is -0.364. The Kier molecular flexibility index (Phi) is 4.16. The van der Waals surface area contributed by atoms with E-state index in [1.54, 1.807) is 25.1 Å². The first-order chi connectivity index (χ1) is 8.70. The van der Waals surface area contributed by atoms with E-state index in [-0.39, 0.29) is 5.97 Å². The van der Waals surface area contributed by atoms with Gasteiger partial charge < -0.3 is 10.5 Å². The molecule has 0 bridgehead atoms. The first kappa shape index (κ1) is 12.8. The van der Waals surface area contributed by atoms with Crippen molar-refractivity contribution >= 4 is 35.0 Å². The summed E-state index contributed by atoms with van der Waals surface area (Å²) < 4.78 is 9.63. The molecule has 0 amide bonds. The number of esters is 1. The van der Waals surface area contributed by atoms with Gasteiger partial charge in [-0.1, -0.05) is 11.8 Å². The highest BCUT2D eigenvalue weighted by molar-refractivity contribution is 8.01. The van der Waals surface area contributed by atoms with E-state index < -0.39 is 0 Å². The zero-order chi connectivity index (χ0) is 13.0. The average molecular weight is 281 g/mol. The standard InChI is InChI=1S/C11H11N3O2S2/c1-2-16-10(15)7-3-4-9(8(12)5-7)17-11-13-6-14-18-11/h3-6H,2,12H2,1H3. The lowest BCUT2D eigenvalue weighted by Crippen LogP contribution is -2.05. The van der Waals surface area contributed by atoms with Crippen LogP contribution in [0.3, 0.4) is 0 Å². The molecule has 2 rings (SSSR count). The van der Waals surface area contributed by atoms with Crippen molar-refractivity contribution in [3.63, 3.8) is 0 Å². The van der Waals surface area contributed by atoms with Gasteiger partial charge in [-0.3, -0.25) is 0 Å². The lowest BCUT2D eigenvalue weighted by atomic mass is 10.2. The maximum absolute atomic E-state index is 11.5. The molecule has 1 aromatic heterocycles. The average Bonchev–Trinajstić information content (AvgIpc) is 2.85. The summed E-state index contributed by atoms with van der Waals surface area (Å²) in [4.78, 5) is 16.4. The number of rotatable bonds is 4. The number of benzene rings is 1. The molecule has 2 aromatic rings. The molecule has 0 radical (unpaired) electrons. The Balaban J connectivity index is 2.17. The SMILES string of the molecule is CCOC(=O)c1ccc(Sc2ncns2)c(N)c1. The van der Waals surface area contributed by atoms with Gasteiger partial charge in [0.2, 0.25) is 0 Å². The number of aromatic nitrogens is 2. The highest BCUT2D eigenvalue weighted by Gasteiger charge is 2.10. The van der Waals surface area contributed by atoms with Crippen LogP contribution >= 0.6 is 23.3 Å². The van der Waals surface area contributed by atoms with Crippen LogP contribution < -0.4 is 5.73 Å². The molecule has 2 N–H and O–H groups in total. The van der Waals surface area contributed by atoms with Crippen LogP contribution in [0.25, 0.3) is 0 Å². The number of nitrogens with two attached hydrogens (primary N) is 1. The third-order valence-electron chi connectivity index (χ3n) is 2.06. The minimum atomic E-state index is -0.364. The summed E-state index contributed by atoms with van der Waals surface area (Å²) in [6, 6.07) is 5.09. The van der Waals surface area contributed by atoms with E-state index >= 15 is 0 Å². The molecule has 1 heterocycles. The number of carbonyl (C=O) groups excluding carboxylic acids is 1. The first-order valence-corrected chi connectivity index (χ1v) is 6.81. The monoisotopic (exact) mass is 281 g/mol.